The van der Waals surface area contributed by atoms with Crippen molar-refractivity contribution in [3.8, 4) is 0 Å². The minimum atomic E-state index is -0.423. The van der Waals surface area contributed by atoms with Crippen LogP contribution in [0.25, 0.3) is 0 Å². The number of carbonyl (C=O) groups is 3. The number of aromatic nitrogens is 1. The lowest BCUT2D eigenvalue weighted by atomic mass is 9.68. The number of imide groups is 1. The van der Waals surface area contributed by atoms with Crippen LogP contribution in [0.2, 0.25) is 5.02 Å². The van der Waals surface area contributed by atoms with Crippen molar-refractivity contribution >= 4 is 58.1 Å². The Hall–Kier alpha value is -2.88. The predicted molar refractivity (Wildman–Crippen MR) is 146 cm³/mol. The van der Waals surface area contributed by atoms with Crippen molar-refractivity contribution in [3.05, 3.63) is 79.2 Å². The summed E-state index contributed by atoms with van der Waals surface area (Å²) in [5, 5.41) is 4.43. The number of benzene rings is 2. The summed E-state index contributed by atoms with van der Waals surface area (Å²) in [4.78, 5) is 57.5. The number of anilines is 1. The fourth-order valence-corrected chi connectivity index (χ4v) is 10.3. The first-order valence-corrected chi connectivity index (χ1v) is 14.7. The Morgan fingerprint density at radius 1 is 1.03 bits per heavy atom. The number of H-pyrrole nitrogens is 1. The number of likely N-dealkylation sites (tertiary alicyclic amines) is 1. The highest BCUT2D eigenvalue weighted by Crippen LogP contribution is 2.68. The second-order valence-electron chi connectivity index (χ2n) is 10.7. The number of thioether (sulfide) groups is 1. The summed E-state index contributed by atoms with van der Waals surface area (Å²) in [7, 11) is 0. The Balaban J connectivity index is 1.19. The van der Waals surface area contributed by atoms with Crippen molar-refractivity contribution in [2.75, 3.05) is 11.9 Å². The molecule has 7 nitrogen and oxygen atoms in total. The Bertz CT molecular complexity index is 1530. The largest absolute Gasteiger partial charge is 0.325 e. The molecule has 2 aromatic carbocycles. The molecule has 3 heterocycles. The molecule has 1 aromatic heterocycles. The van der Waals surface area contributed by atoms with E-state index in [1.165, 1.54) is 16.2 Å². The highest BCUT2D eigenvalue weighted by Gasteiger charge is 2.69. The number of nitrogens with one attached hydrogen (secondary N) is 2. The second-order valence-corrected chi connectivity index (χ2v) is 13.3. The van der Waals surface area contributed by atoms with E-state index < -0.39 is 11.8 Å². The van der Waals surface area contributed by atoms with Gasteiger partial charge < -0.3 is 10.3 Å². The summed E-state index contributed by atoms with van der Waals surface area (Å²) in [6.07, 6.45) is 0.807. The highest BCUT2D eigenvalue weighted by molar-refractivity contribution is 8.00. The lowest BCUT2D eigenvalue weighted by Crippen LogP contribution is -2.42. The zero-order valence-corrected chi connectivity index (χ0v) is 22.7. The van der Waals surface area contributed by atoms with Gasteiger partial charge in [0.25, 0.3) is 0 Å². The van der Waals surface area contributed by atoms with Gasteiger partial charge in [-0.2, -0.15) is 0 Å². The molecule has 0 radical (unpaired) electrons. The first-order chi connectivity index (χ1) is 18.3. The van der Waals surface area contributed by atoms with Crippen molar-refractivity contribution in [3.63, 3.8) is 0 Å². The molecule has 7 unspecified atom stereocenters. The molecule has 2 bridgehead atoms. The molecule has 7 rings (SSSR count). The van der Waals surface area contributed by atoms with Gasteiger partial charge in [-0.1, -0.05) is 52.8 Å². The molecule has 194 valence electrons. The Labute approximate surface area is 232 Å². The number of amides is 3. The van der Waals surface area contributed by atoms with Gasteiger partial charge in [0.2, 0.25) is 17.7 Å². The van der Waals surface area contributed by atoms with E-state index in [0.29, 0.717) is 10.7 Å². The fraction of sp³-hybridized carbons (Fsp3) is 0.357. The van der Waals surface area contributed by atoms with Crippen LogP contribution in [0.3, 0.4) is 0 Å². The quantitative estimate of drug-likeness (QED) is 0.454. The number of hydrogen-bond donors (Lipinski definition) is 2. The molecule has 2 saturated carbocycles. The van der Waals surface area contributed by atoms with E-state index >= 15 is 0 Å². The summed E-state index contributed by atoms with van der Waals surface area (Å²) in [5.74, 6) is -1.59. The average molecular weight is 566 g/mol. The predicted octanol–water partition coefficient (Wildman–Crippen LogP) is 4.51. The van der Waals surface area contributed by atoms with Gasteiger partial charge in [0, 0.05) is 26.8 Å². The molecule has 2 aliphatic carbocycles. The van der Waals surface area contributed by atoms with E-state index in [9.17, 15) is 19.2 Å². The topological polar surface area (TPSA) is 99.3 Å². The normalized spacial score (nSPS) is 30.8. The third-order valence-electron chi connectivity index (χ3n) is 8.68. The molecule has 0 spiro atoms. The molecule has 7 atom stereocenters. The molecule has 2 N–H and O–H groups in total. The van der Waals surface area contributed by atoms with E-state index in [-0.39, 0.29) is 58.1 Å². The summed E-state index contributed by atoms with van der Waals surface area (Å²) in [6, 6.07) is 15.1. The van der Waals surface area contributed by atoms with Gasteiger partial charge in [0.1, 0.15) is 6.54 Å². The van der Waals surface area contributed by atoms with Gasteiger partial charge in [-0.3, -0.25) is 24.1 Å². The van der Waals surface area contributed by atoms with Crippen molar-refractivity contribution in [2.45, 2.75) is 29.5 Å². The summed E-state index contributed by atoms with van der Waals surface area (Å²) >= 11 is 9.06. The molecule has 3 fully saturated rings. The van der Waals surface area contributed by atoms with Crippen LogP contribution in [0.15, 0.2) is 58.4 Å². The van der Waals surface area contributed by atoms with Gasteiger partial charge in [-0.15, -0.1) is 11.8 Å². The van der Waals surface area contributed by atoms with Crippen LogP contribution in [-0.2, 0) is 14.4 Å². The monoisotopic (exact) mass is 565 g/mol. The number of thiazole rings is 1. The minimum Gasteiger partial charge on any atom is -0.325 e. The van der Waals surface area contributed by atoms with E-state index in [4.69, 9.17) is 11.6 Å². The number of aromatic amines is 1. The van der Waals surface area contributed by atoms with E-state index in [2.05, 4.69) is 10.3 Å². The van der Waals surface area contributed by atoms with Crippen LogP contribution in [0.4, 0.5) is 5.69 Å². The fourth-order valence-electron chi connectivity index (χ4n) is 7.26. The molecule has 4 aliphatic rings. The second kappa shape index (κ2) is 8.83. The van der Waals surface area contributed by atoms with Gasteiger partial charge >= 0.3 is 4.87 Å². The number of halogens is 1. The summed E-state index contributed by atoms with van der Waals surface area (Å²) < 4.78 is 0. The minimum absolute atomic E-state index is 0.00939. The third kappa shape index (κ3) is 3.62. The number of nitrogens with zero attached hydrogens (tertiary/aromatic N) is 1. The Morgan fingerprint density at radius 2 is 1.71 bits per heavy atom. The molecule has 10 heteroatoms. The standard InChI is InChI=1S/C28H24ClN3O4S2/c1-12-2-8-15(9-3-12)30-18(33)11-32-26(34)21-16-10-17(22(21)27(32)35)23-20(16)19(13-4-6-14(29)7-5-13)24-25(37-23)31-28(36)38-24/h2-9,16-17,19-23H,10-11H2,1H3,(H,30,33)(H,31,36). The number of aryl methyl sites for hydroxylation is 1. The Morgan fingerprint density at radius 3 is 2.42 bits per heavy atom. The van der Waals surface area contributed by atoms with Crippen LogP contribution >= 0.6 is 34.7 Å². The number of fused-ring (bicyclic) bond motifs is 9. The molecule has 3 aromatic rings. The van der Waals surface area contributed by atoms with Crippen molar-refractivity contribution in [1.82, 2.24) is 9.88 Å². The van der Waals surface area contributed by atoms with E-state index in [1.807, 2.05) is 43.3 Å². The summed E-state index contributed by atoms with van der Waals surface area (Å²) in [5.41, 5.74) is 2.77. The van der Waals surface area contributed by atoms with Crippen LogP contribution in [0, 0.1) is 36.5 Å². The molecule has 3 amide bonds. The Kier molecular flexibility index (Phi) is 5.62. The lowest BCUT2D eigenvalue weighted by molar-refractivity contribution is -0.143. The SMILES string of the molecule is Cc1ccc(NC(=O)CN2C(=O)C3C4CC(C3C2=O)C2C(c3ccc(Cl)cc3)c3sc(=O)[nH]c3SC42)cc1. The van der Waals surface area contributed by atoms with Crippen molar-refractivity contribution in [1.29, 1.82) is 0 Å². The molecular formula is C28H24ClN3O4S2. The lowest BCUT2D eigenvalue weighted by Gasteiger charge is -2.43. The maximum absolute atomic E-state index is 13.7. The van der Waals surface area contributed by atoms with Crippen molar-refractivity contribution < 1.29 is 14.4 Å². The number of rotatable bonds is 4. The van der Waals surface area contributed by atoms with Crippen LogP contribution in [0.5, 0.6) is 0 Å². The average Bonchev–Trinajstić information content (AvgIpc) is 3.62. The van der Waals surface area contributed by atoms with Gasteiger partial charge in [0.15, 0.2) is 0 Å². The van der Waals surface area contributed by atoms with Crippen LogP contribution in [-0.4, -0.2) is 39.4 Å². The van der Waals surface area contributed by atoms with Crippen molar-refractivity contribution in [2.24, 2.45) is 29.6 Å². The first kappa shape index (κ1) is 24.2. The zero-order chi connectivity index (χ0) is 26.3. The molecule has 38 heavy (non-hydrogen) atoms. The zero-order valence-electron chi connectivity index (χ0n) is 20.3. The van der Waals surface area contributed by atoms with Gasteiger partial charge in [0.05, 0.1) is 16.9 Å². The molecule has 2 aliphatic heterocycles. The summed E-state index contributed by atoms with van der Waals surface area (Å²) in [6.45, 7) is 1.69. The van der Waals surface area contributed by atoms with E-state index in [0.717, 1.165) is 27.5 Å². The maximum atomic E-state index is 13.7. The maximum Gasteiger partial charge on any atom is 0.305 e. The first-order valence-electron chi connectivity index (χ1n) is 12.7. The number of carbonyl (C=O) groups excluding carboxylic acids is 3. The molecular weight excluding hydrogens is 542 g/mol. The molecule has 1 saturated heterocycles. The highest BCUT2D eigenvalue weighted by atomic mass is 35.5. The smallest absolute Gasteiger partial charge is 0.305 e. The van der Waals surface area contributed by atoms with Gasteiger partial charge in [-0.05, 0) is 60.9 Å². The van der Waals surface area contributed by atoms with Crippen LogP contribution < -0.4 is 10.2 Å². The number of hydrogen-bond acceptors (Lipinski definition) is 6. The van der Waals surface area contributed by atoms with E-state index in [1.54, 1.807) is 23.9 Å². The van der Waals surface area contributed by atoms with Gasteiger partial charge in [-0.25, -0.2) is 0 Å². The van der Waals surface area contributed by atoms with Crippen LogP contribution in [0.1, 0.15) is 28.3 Å². The third-order valence-corrected chi connectivity index (χ3v) is 11.5.